The summed E-state index contributed by atoms with van der Waals surface area (Å²) in [7, 11) is 0. The highest BCUT2D eigenvalue weighted by molar-refractivity contribution is 5.38. The molecular weight excluding hydrogens is 372 g/mol. The van der Waals surface area contributed by atoms with E-state index in [2.05, 4.69) is 26.5 Å². The van der Waals surface area contributed by atoms with Crippen LogP contribution in [0, 0.1) is 23.2 Å². The third kappa shape index (κ3) is 5.29. The van der Waals surface area contributed by atoms with Crippen molar-refractivity contribution in [1.82, 2.24) is 0 Å². The van der Waals surface area contributed by atoms with E-state index in [1.54, 1.807) is 0 Å². The third-order valence-electron chi connectivity index (χ3n) is 8.19. The van der Waals surface area contributed by atoms with Gasteiger partial charge in [-0.3, -0.25) is 0 Å². The number of hydrogen-bond donors (Lipinski definition) is 3. The van der Waals surface area contributed by atoms with Crippen LogP contribution >= 0.6 is 0 Å². The van der Waals surface area contributed by atoms with Crippen LogP contribution < -0.4 is 0 Å². The van der Waals surface area contributed by atoms with Gasteiger partial charge in [0.05, 0.1) is 17.8 Å². The van der Waals surface area contributed by atoms with Crippen LogP contribution in [0.1, 0.15) is 100.0 Å². The van der Waals surface area contributed by atoms with E-state index in [9.17, 15) is 15.3 Å². The smallest absolute Gasteiger partial charge is 0.0811 e. The van der Waals surface area contributed by atoms with Gasteiger partial charge in [-0.15, -0.1) is 0 Å². The molecular formula is C27H44O3. The number of rotatable bonds is 6. The van der Waals surface area contributed by atoms with Crippen LogP contribution in [0.4, 0.5) is 0 Å². The van der Waals surface area contributed by atoms with Gasteiger partial charge in [0.2, 0.25) is 0 Å². The number of hydrogen-bond acceptors (Lipinski definition) is 3. The zero-order valence-electron chi connectivity index (χ0n) is 24.7. The molecule has 3 N–H and O–H groups in total. The molecule has 170 valence electrons. The van der Waals surface area contributed by atoms with E-state index in [4.69, 9.17) is 8.22 Å². The minimum absolute atomic E-state index is 0.120. The Balaban J connectivity index is 1.69. The van der Waals surface area contributed by atoms with Crippen molar-refractivity contribution in [2.24, 2.45) is 23.2 Å². The number of allylic oxidation sites excluding steroid dienone is 3. The third-order valence-corrected chi connectivity index (χ3v) is 8.19. The minimum atomic E-state index is -2.96. The normalized spacial score (nSPS) is 42.6. The molecule has 0 saturated heterocycles. The summed E-state index contributed by atoms with van der Waals surface area (Å²) in [4.78, 5) is 0. The molecule has 3 heteroatoms. The molecule has 1 unspecified atom stereocenters. The predicted octanol–water partition coefficient (Wildman–Crippen LogP) is 5.70. The van der Waals surface area contributed by atoms with Crippen molar-refractivity contribution in [1.29, 1.82) is 0 Å². The summed E-state index contributed by atoms with van der Waals surface area (Å²) in [5.41, 5.74) is 0.463. The highest BCUT2D eigenvalue weighted by Crippen LogP contribution is 2.60. The summed E-state index contributed by atoms with van der Waals surface area (Å²) in [6, 6.07) is 0. The van der Waals surface area contributed by atoms with Crippen molar-refractivity contribution < 1.29 is 23.5 Å². The Morgan fingerprint density at radius 1 is 1.30 bits per heavy atom. The first-order valence-electron chi connectivity index (χ1n) is 14.7. The summed E-state index contributed by atoms with van der Waals surface area (Å²) in [6.45, 7) is 2.64. The quantitative estimate of drug-likeness (QED) is 0.514. The van der Waals surface area contributed by atoms with Gasteiger partial charge in [0, 0.05) is 14.6 Å². The Morgan fingerprint density at radius 2 is 2.07 bits per heavy atom. The topological polar surface area (TPSA) is 60.7 Å². The molecule has 3 saturated carbocycles. The second-order valence-electron chi connectivity index (χ2n) is 10.4. The molecule has 3 nitrogen and oxygen atoms in total. The summed E-state index contributed by atoms with van der Waals surface area (Å²) in [5.74, 6) is 1.18. The van der Waals surface area contributed by atoms with Gasteiger partial charge in [-0.1, -0.05) is 51.0 Å². The highest BCUT2D eigenvalue weighted by Gasteiger charge is 2.50. The van der Waals surface area contributed by atoms with Crippen molar-refractivity contribution in [3.63, 3.8) is 0 Å². The van der Waals surface area contributed by atoms with E-state index in [-0.39, 0.29) is 11.8 Å². The Morgan fingerprint density at radius 3 is 2.80 bits per heavy atom. The lowest BCUT2D eigenvalue weighted by Crippen LogP contribution is -2.36. The molecule has 0 radical (unpaired) electrons. The molecule has 0 bridgehead atoms. The lowest BCUT2D eigenvalue weighted by molar-refractivity contribution is 0.0596. The first-order valence-corrected chi connectivity index (χ1v) is 11.7. The van der Waals surface area contributed by atoms with Crippen molar-refractivity contribution in [3.05, 3.63) is 35.5 Å². The SMILES string of the molecule is [2H]C([2H])([2H])C(O)(CCC[C@@H](C)[C@H]1CCC2C(=CC=C3C[C@@H](O)C[C@H](O)C3=C)CCC[C@@]21C)C([2H])([2H])[2H]. The molecule has 0 spiro atoms. The average Bonchev–Trinajstić information content (AvgIpc) is 3.11. The molecule has 6 atom stereocenters. The van der Waals surface area contributed by atoms with E-state index in [1.165, 1.54) is 5.57 Å². The Kier molecular flexibility index (Phi) is 5.18. The molecule has 30 heavy (non-hydrogen) atoms. The van der Waals surface area contributed by atoms with Crippen LogP contribution in [0.25, 0.3) is 0 Å². The van der Waals surface area contributed by atoms with Gasteiger partial charge in [0.1, 0.15) is 0 Å². The monoisotopic (exact) mass is 422 g/mol. The fourth-order valence-electron chi connectivity index (χ4n) is 6.56. The van der Waals surface area contributed by atoms with Crippen molar-refractivity contribution in [2.45, 2.75) is 110 Å². The molecule has 0 amide bonds. The van der Waals surface area contributed by atoms with Crippen molar-refractivity contribution in [3.8, 4) is 0 Å². The highest BCUT2D eigenvalue weighted by atomic mass is 16.3. The van der Waals surface area contributed by atoms with Gasteiger partial charge in [0.25, 0.3) is 0 Å². The maximum Gasteiger partial charge on any atom is 0.0811 e. The zero-order chi connectivity index (χ0) is 27.1. The fraction of sp³-hybridized carbons (Fsp3) is 0.778. The average molecular weight is 423 g/mol. The number of fused-ring (bicyclic) bond motifs is 1. The summed E-state index contributed by atoms with van der Waals surface area (Å²) in [6.07, 6.45) is 10.0. The summed E-state index contributed by atoms with van der Waals surface area (Å²) < 4.78 is 45.6. The van der Waals surface area contributed by atoms with Gasteiger partial charge in [-0.25, -0.2) is 0 Å². The molecule has 0 aliphatic heterocycles. The molecule has 3 aliphatic carbocycles. The maximum absolute atomic E-state index is 10.6. The van der Waals surface area contributed by atoms with Gasteiger partial charge in [-0.2, -0.15) is 0 Å². The molecule has 0 aromatic rings. The van der Waals surface area contributed by atoms with E-state index in [0.29, 0.717) is 49.0 Å². The van der Waals surface area contributed by atoms with E-state index >= 15 is 0 Å². The lowest BCUT2D eigenvalue weighted by atomic mass is 9.60. The second kappa shape index (κ2) is 9.30. The second-order valence-corrected chi connectivity index (χ2v) is 10.4. The van der Waals surface area contributed by atoms with E-state index < -0.39 is 31.5 Å². The van der Waals surface area contributed by atoms with Gasteiger partial charge in [-0.05, 0) is 93.0 Å². The van der Waals surface area contributed by atoms with E-state index in [0.717, 1.165) is 37.7 Å². The minimum Gasteiger partial charge on any atom is -0.393 e. The number of aliphatic hydroxyl groups excluding tert-OH is 2. The predicted molar refractivity (Wildman–Crippen MR) is 124 cm³/mol. The first kappa shape index (κ1) is 16.7. The summed E-state index contributed by atoms with van der Waals surface area (Å²) >= 11 is 0. The fourth-order valence-corrected chi connectivity index (χ4v) is 6.56. The molecule has 3 fully saturated rings. The molecule has 3 aliphatic rings. The number of aliphatic hydroxyl groups is 3. The van der Waals surface area contributed by atoms with Crippen LogP contribution in [0.2, 0.25) is 0 Å². The Hall–Kier alpha value is -0.900. The molecule has 0 heterocycles. The van der Waals surface area contributed by atoms with Gasteiger partial charge < -0.3 is 15.3 Å². The molecule has 0 aromatic carbocycles. The maximum atomic E-state index is 10.6. The van der Waals surface area contributed by atoms with Gasteiger partial charge in [0.15, 0.2) is 0 Å². The van der Waals surface area contributed by atoms with Crippen molar-refractivity contribution in [2.75, 3.05) is 0 Å². The van der Waals surface area contributed by atoms with E-state index in [1.807, 2.05) is 6.08 Å². The van der Waals surface area contributed by atoms with Crippen LogP contribution in [0.3, 0.4) is 0 Å². The van der Waals surface area contributed by atoms with Crippen LogP contribution in [-0.4, -0.2) is 33.1 Å². The zero-order valence-corrected chi connectivity index (χ0v) is 18.7. The standard InChI is InChI=1S/C27H44O3/c1-18(8-6-14-26(3,4)30)23-12-13-24-20(9-7-15-27(23,24)5)10-11-21-16-22(28)17-25(29)19(21)2/h10-11,18,22-25,28-30H,2,6-9,12-17H2,1,3-5H3/t18-,22-,23-,24?,25+,27-/m1/s1/i3D3,4D3. The lowest BCUT2D eigenvalue weighted by Gasteiger charge is -2.44. The largest absolute Gasteiger partial charge is 0.393 e. The molecule has 0 aromatic heterocycles. The van der Waals surface area contributed by atoms with Crippen LogP contribution in [-0.2, 0) is 0 Å². The van der Waals surface area contributed by atoms with Crippen LogP contribution in [0.5, 0.6) is 0 Å². The first-order chi connectivity index (χ1) is 16.5. The van der Waals surface area contributed by atoms with Crippen molar-refractivity contribution >= 4 is 0 Å². The summed E-state index contributed by atoms with van der Waals surface area (Å²) in [5, 5.41) is 30.8. The van der Waals surface area contributed by atoms with Crippen LogP contribution in [0.15, 0.2) is 35.5 Å². The Bertz CT molecular complexity index is 860. The van der Waals surface area contributed by atoms with Gasteiger partial charge >= 0.3 is 0 Å². The Labute approximate surface area is 192 Å². The molecule has 3 rings (SSSR count).